The average molecular weight is 538 g/mol. The van der Waals surface area contributed by atoms with Gasteiger partial charge in [0, 0.05) is 49.8 Å². The van der Waals surface area contributed by atoms with Crippen molar-refractivity contribution in [2.24, 2.45) is 24.8 Å². The van der Waals surface area contributed by atoms with Gasteiger partial charge in [-0.2, -0.15) is 13.2 Å². The van der Waals surface area contributed by atoms with E-state index in [1.165, 1.54) is 11.0 Å². The first-order chi connectivity index (χ1) is 18.6. The number of hydrogen-bond acceptors (Lipinski definition) is 5. The lowest BCUT2D eigenvalue weighted by molar-refractivity contribution is -0.138. The van der Waals surface area contributed by atoms with E-state index >= 15 is 0 Å². The maximum absolute atomic E-state index is 14.2. The Kier molecular flexibility index (Phi) is 5.48. The molecule has 0 N–H and O–H groups in total. The molecule has 1 saturated carbocycles. The minimum Gasteiger partial charge on any atom is -0.379 e. The second kappa shape index (κ2) is 8.63. The molecule has 7 nitrogen and oxygen atoms in total. The van der Waals surface area contributed by atoms with Crippen LogP contribution in [0.3, 0.4) is 0 Å². The third kappa shape index (κ3) is 4.07. The van der Waals surface area contributed by atoms with Crippen LogP contribution >= 0.6 is 0 Å². The van der Waals surface area contributed by atoms with Gasteiger partial charge in [0.1, 0.15) is 12.2 Å². The van der Waals surface area contributed by atoms with Gasteiger partial charge in [0.05, 0.1) is 25.3 Å². The molecule has 4 aliphatic rings. The number of ether oxygens (including phenoxy) is 1. The van der Waals surface area contributed by atoms with Gasteiger partial charge < -0.3 is 14.2 Å². The Bertz CT molecular complexity index is 1450. The number of hydrogen-bond donors (Lipinski definition) is 0. The molecule has 0 radical (unpaired) electrons. The van der Waals surface area contributed by atoms with E-state index in [1.807, 2.05) is 29.8 Å². The maximum atomic E-state index is 14.2. The Morgan fingerprint density at radius 3 is 2.54 bits per heavy atom. The van der Waals surface area contributed by atoms with Crippen LogP contribution in [0.2, 0.25) is 0 Å². The van der Waals surface area contributed by atoms with Gasteiger partial charge in [-0.05, 0) is 58.7 Å². The van der Waals surface area contributed by atoms with Crippen LogP contribution in [0.4, 0.5) is 18.9 Å². The number of aromatic nitrogens is 3. The number of amides is 1. The fourth-order valence-electron chi connectivity index (χ4n) is 6.81. The number of fused-ring (bicyclic) bond motifs is 2. The molecular weight excluding hydrogens is 507 g/mol. The smallest absolute Gasteiger partial charge is 0.379 e. The van der Waals surface area contributed by atoms with Crippen molar-refractivity contribution in [3.63, 3.8) is 0 Å². The van der Waals surface area contributed by atoms with Crippen molar-refractivity contribution >= 4 is 11.6 Å². The largest absolute Gasteiger partial charge is 0.416 e. The van der Waals surface area contributed by atoms with Crippen molar-refractivity contribution in [2.45, 2.75) is 38.0 Å². The molecule has 0 spiro atoms. The average Bonchev–Trinajstić information content (AvgIpc) is 3.28. The van der Waals surface area contributed by atoms with E-state index in [1.54, 1.807) is 18.5 Å². The number of benzene rings is 2. The molecule has 10 heteroatoms. The fraction of sp³-hybridized carbons (Fsp3) is 0.483. The summed E-state index contributed by atoms with van der Waals surface area (Å²) >= 11 is 0. The highest BCUT2D eigenvalue weighted by atomic mass is 19.4. The number of alkyl halides is 3. The molecule has 2 saturated heterocycles. The first-order valence-corrected chi connectivity index (χ1v) is 13.4. The van der Waals surface area contributed by atoms with Crippen LogP contribution in [-0.4, -0.2) is 51.9 Å². The third-order valence-corrected chi connectivity index (χ3v) is 9.34. The minimum absolute atomic E-state index is 0.0559. The number of carbonyl (C=O) groups excluding carboxylic acids is 1. The zero-order chi connectivity index (χ0) is 27.1. The van der Waals surface area contributed by atoms with Crippen LogP contribution in [0, 0.1) is 17.8 Å². The van der Waals surface area contributed by atoms with Crippen molar-refractivity contribution in [3.8, 4) is 0 Å². The Labute approximate surface area is 224 Å². The first-order valence-electron chi connectivity index (χ1n) is 13.4. The fourth-order valence-corrected chi connectivity index (χ4v) is 6.81. The molecule has 2 aromatic carbocycles. The van der Waals surface area contributed by atoms with Gasteiger partial charge in [0.15, 0.2) is 0 Å². The number of halogens is 3. The lowest BCUT2D eigenvalue weighted by Crippen LogP contribution is -2.49. The summed E-state index contributed by atoms with van der Waals surface area (Å²) in [5.74, 6) is 2.46. The normalized spacial score (nSPS) is 25.5. The quantitative estimate of drug-likeness (QED) is 0.472. The zero-order valence-corrected chi connectivity index (χ0v) is 21.9. The molecule has 1 aromatic heterocycles. The van der Waals surface area contributed by atoms with Gasteiger partial charge in [0.2, 0.25) is 0 Å². The van der Waals surface area contributed by atoms with Crippen molar-refractivity contribution in [1.82, 2.24) is 19.7 Å². The topological polar surface area (TPSA) is 63.5 Å². The molecule has 7 rings (SSSR count). The van der Waals surface area contributed by atoms with Crippen molar-refractivity contribution in [2.75, 3.05) is 31.2 Å². The lowest BCUT2D eigenvalue weighted by atomic mass is 9.75. The van der Waals surface area contributed by atoms with E-state index in [4.69, 9.17) is 4.74 Å². The Morgan fingerprint density at radius 1 is 1.13 bits per heavy atom. The molecule has 204 valence electrons. The van der Waals surface area contributed by atoms with Crippen molar-refractivity contribution < 1.29 is 22.7 Å². The number of piperidine rings is 1. The molecule has 4 heterocycles. The van der Waals surface area contributed by atoms with Crippen LogP contribution in [-0.2, 0) is 42.9 Å². The molecule has 1 unspecified atom stereocenters. The molecule has 1 amide bonds. The van der Waals surface area contributed by atoms with Crippen molar-refractivity contribution in [3.05, 3.63) is 76.4 Å². The Balaban J connectivity index is 1.18. The SMILES string of the molecule is CC1[C@H]2CN(Cc3cc4c(c(C(F)(F)F)c3)CN(c3cccc(C5(Cc6nncn6C)COC5)c3)C4=O)C[C@@H]12. The third-order valence-electron chi connectivity index (χ3n) is 9.34. The predicted octanol–water partition coefficient (Wildman–Crippen LogP) is 4.20. The Hall–Kier alpha value is -3.24. The zero-order valence-electron chi connectivity index (χ0n) is 21.9. The molecule has 3 aromatic rings. The summed E-state index contributed by atoms with van der Waals surface area (Å²) in [5, 5.41) is 8.19. The van der Waals surface area contributed by atoms with E-state index in [2.05, 4.69) is 22.0 Å². The molecule has 0 bridgehead atoms. The number of carbonyl (C=O) groups is 1. The van der Waals surface area contributed by atoms with Gasteiger partial charge >= 0.3 is 6.18 Å². The standard InChI is InChI=1S/C29H30F3N5O2/c1-17-22-11-36(12-23(17)22)10-18-6-21-24(25(7-18)29(30,31)32)13-37(27(21)38)20-5-3-4-19(8-20)28(14-39-15-28)9-26-34-33-16-35(26)2/h3-8,16-17,22-23H,9-15H2,1-2H3/t17?,22-,23+. The highest BCUT2D eigenvalue weighted by Gasteiger charge is 2.52. The number of anilines is 1. The summed E-state index contributed by atoms with van der Waals surface area (Å²) in [6.45, 7) is 5.38. The van der Waals surface area contributed by atoms with E-state index in [0.717, 1.165) is 24.5 Å². The van der Waals surface area contributed by atoms with Crippen molar-refractivity contribution in [1.29, 1.82) is 0 Å². The molecule has 3 aliphatic heterocycles. The van der Waals surface area contributed by atoms with Gasteiger partial charge in [-0.1, -0.05) is 19.1 Å². The summed E-state index contributed by atoms with van der Waals surface area (Å²) in [5.41, 5.74) is 1.28. The van der Waals surface area contributed by atoms with E-state index < -0.39 is 11.7 Å². The van der Waals surface area contributed by atoms with Gasteiger partial charge in [-0.15, -0.1) is 10.2 Å². The summed E-state index contributed by atoms with van der Waals surface area (Å²) in [7, 11) is 1.89. The van der Waals surface area contributed by atoms with Crippen LogP contribution in [0.15, 0.2) is 42.7 Å². The summed E-state index contributed by atoms with van der Waals surface area (Å²) in [6, 6.07) is 10.5. The van der Waals surface area contributed by atoms with Crippen LogP contribution in [0.25, 0.3) is 0 Å². The highest BCUT2D eigenvalue weighted by Crippen LogP contribution is 2.51. The summed E-state index contributed by atoms with van der Waals surface area (Å²) in [4.78, 5) is 17.3. The van der Waals surface area contributed by atoms with Crippen LogP contribution in [0.1, 0.15) is 45.4 Å². The van der Waals surface area contributed by atoms with Gasteiger partial charge in [0.25, 0.3) is 5.91 Å². The second-order valence-electron chi connectivity index (χ2n) is 11.8. The maximum Gasteiger partial charge on any atom is 0.416 e. The first kappa shape index (κ1) is 24.8. The minimum atomic E-state index is -4.54. The molecular formula is C29H30F3N5O2. The van der Waals surface area contributed by atoms with E-state index in [-0.39, 0.29) is 29.0 Å². The molecule has 1 aliphatic carbocycles. The Morgan fingerprint density at radius 2 is 1.90 bits per heavy atom. The summed E-state index contributed by atoms with van der Waals surface area (Å²) in [6.07, 6.45) is -2.28. The monoisotopic (exact) mass is 537 g/mol. The number of rotatable bonds is 6. The second-order valence-corrected chi connectivity index (χ2v) is 11.8. The van der Waals surface area contributed by atoms with E-state index in [0.29, 0.717) is 55.2 Å². The van der Waals surface area contributed by atoms with Gasteiger partial charge in [-0.3, -0.25) is 9.69 Å². The molecule has 3 fully saturated rings. The lowest BCUT2D eigenvalue weighted by Gasteiger charge is -2.42. The number of likely N-dealkylation sites (tertiary alicyclic amines) is 1. The number of aryl methyl sites for hydroxylation is 1. The van der Waals surface area contributed by atoms with Crippen LogP contribution in [0.5, 0.6) is 0 Å². The van der Waals surface area contributed by atoms with Crippen LogP contribution < -0.4 is 4.90 Å². The van der Waals surface area contributed by atoms with E-state index in [9.17, 15) is 18.0 Å². The number of nitrogens with zero attached hydrogens (tertiary/aromatic N) is 5. The highest BCUT2D eigenvalue weighted by molar-refractivity contribution is 6.10. The summed E-state index contributed by atoms with van der Waals surface area (Å²) < 4.78 is 50.1. The molecule has 3 atom stereocenters. The molecule has 39 heavy (non-hydrogen) atoms. The van der Waals surface area contributed by atoms with Gasteiger partial charge in [-0.25, -0.2) is 0 Å². The predicted molar refractivity (Wildman–Crippen MR) is 137 cm³/mol.